The van der Waals surface area contributed by atoms with Crippen molar-refractivity contribution in [3.63, 3.8) is 0 Å². The second kappa shape index (κ2) is 17.3. The number of hydrogen-bond donors (Lipinski definition) is 4. The van der Waals surface area contributed by atoms with Gasteiger partial charge in [-0.25, -0.2) is 28.3 Å². The predicted molar refractivity (Wildman–Crippen MR) is 224 cm³/mol. The summed E-state index contributed by atoms with van der Waals surface area (Å²) in [5.41, 5.74) is 4.59. The third-order valence-corrected chi connectivity index (χ3v) is 12.9. The lowest BCUT2D eigenvalue weighted by Gasteiger charge is -2.46. The maximum absolute atomic E-state index is 14.4. The molecular weight excluding hydrogens is 787 g/mol. The lowest BCUT2D eigenvalue weighted by molar-refractivity contribution is -0.147. The lowest BCUT2D eigenvalue weighted by atomic mass is 9.77. The molecule has 0 bridgehead atoms. The Morgan fingerprint density at radius 2 is 1.31 bits per heavy atom. The average molecular weight is 843 g/mol. The fourth-order valence-corrected chi connectivity index (χ4v) is 9.54. The third-order valence-electron chi connectivity index (χ3n) is 12.9. The van der Waals surface area contributed by atoms with Crippen LogP contribution in [0.15, 0.2) is 60.9 Å². The number of H-pyrrole nitrogens is 2. The van der Waals surface area contributed by atoms with Gasteiger partial charge in [0.05, 0.1) is 43.0 Å². The van der Waals surface area contributed by atoms with E-state index in [9.17, 15) is 33.1 Å². The van der Waals surface area contributed by atoms with Crippen LogP contribution in [0.4, 0.5) is 18.4 Å². The SMILES string of the molecule is COC(=O)N[C@H](C(=O)N1C(c2ncc(-c3ccc(-c4ccc(-c5cnc([C@@H]6CCCN6C(=O)[C@H](C(C)C)N(C)C(=O)O)[nH]5)cc4)cc3)[nH]2)CCC12CCC(F)(F)CC2)C(C)C. The molecule has 3 aliphatic rings. The molecule has 3 fully saturated rings. The number of hydrogen-bond acceptors (Lipinski definition) is 7. The predicted octanol–water partition coefficient (Wildman–Crippen LogP) is 8.42. The van der Waals surface area contributed by atoms with E-state index in [1.165, 1.54) is 14.2 Å². The van der Waals surface area contributed by atoms with Gasteiger partial charge in [0.2, 0.25) is 17.7 Å². The molecule has 61 heavy (non-hydrogen) atoms. The van der Waals surface area contributed by atoms with Crippen LogP contribution in [0.3, 0.4) is 0 Å². The first kappa shape index (κ1) is 43.3. The number of likely N-dealkylation sites (N-methyl/N-ethyl adjacent to an activating group) is 1. The summed E-state index contributed by atoms with van der Waals surface area (Å²) in [7, 11) is 2.67. The average Bonchev–Trinajstić information content (AvgIpc) is 4.07. The minimum absolute atomic E-state index is 0.167. The molecule has 1 aliphatic carbocycles. The normalized spacial score (nSPS) is 20.6. The Hall–Kier alpha value is -5.80. The minimum atomic E-state index is -2.78. The van der Waals surface area contributed by atoms with E-state index < -0.39 is 41.8 Å². The number of alkyl carbamates (subject to hydrolysis) is 1. The zero-order valence-electron chi connectivity index (χ0n) is 35.6. The number of halogens is 2. The number of benzene rings is 2. The van der Waals surface area contributed by atoms with Gasteiger partial charge in [0, 0.05) is 32.0 Å². The van der Waals surface area contributed by atoms with Crippen LogP contribution in [0.1, 0.15) is 103 Å². The molecule has 4 N–H and O–H groups in total. The Bertz CT molecular complexity index is 2210. The van der Waals surface area contributed by atoms with Gasteiger partial charge in [0.1, 0.15) is 23.7 Å². The van der Waals surface area contributed by atoms with Crippen molar-refractivity contribution in [1.29, 1.82) is 0 Å². The molecule has 326 valence electrons. The molecule has 2 saturated heterocycles. The summed E-state index contributed by atoms with van der Waals surface area (Å²) in [6, 6.07) is 13.6. The van der Waals surface area contributed by atoms with Crippen LogP contribution in [-0.4, -0.2) is 108 Å². The Balaban J connectivity index is 1.05. The van der Waals surface area contributed by atoms with Gasteiger partial charge in [0.25, 0.3) is 0 Å². The summed E-state index contributed by atoms with van der Waals surface area (Å²) in [6.07, 6.45) is 3.97. The van der Waals surface area contributed by atoms with Gasteiger partial charge in [0.15, 0.2) is 0 Å². The summed E-state index contributed by atoms with van der Waals surface area (Å²) < 4.78 is 33.7. The standard InChI is InChI=1S/C45H56F2N8O6/c1-26(2)36(52-42(58)61-6)40(56)55-35(17-18-44(55)19-21-45(46,47)22-20-44)39-49-25-33(51-39)31-15-11-29(12-16-31)28-9-13-30(14-10-28)32-24-48-38(50-32)34-8-7-23-54(34)41(57)37(27(3)4)53(5)43(59)60/h9-16,24-27,34-37H,7-8,17-23H2,1-6H3,(H,48,50)(H,49,51)(H,52,58)(H,59,60)/t34-,35?,36-,37-/m0/s1. The van der Waals surface area contributed by atoms with Crippen molar-refractivity contribution in [3.8, 4) is 33.6 Å². The summed E-state index contributed by atoms with van der Waals surface area (Å²) in [6.45, 7) is 7.89. The van der Waals surface area contributed by atoms with E-state index >= 15 is 0 Å². The molecule has 0 radical (unpaired) electrons. The van der Waals surface area contributed by atoms with Crippen molar-refractivity contribution in [3.05, 3.63) is 72.6 Å². The smallest absolute Gasteiger partial charge is 0.407 e. The molecule has 4 amide bonds. The van der Waals surface area contributed by atoms with Gasteiger partial charge in [-0.3, -0.25) is 14.5 Å². The molecule has 1 spiro atoms. The van der Waals surface area contributed by atoms with Crippen LogP contribution in [0, 0.1) is 11.8 Å². The molecule has 1 saturated carbocycles. The lowest BCUT2D eigenvalue weighted by Crippen LogP contribution is -2.58. The molecule has 2 aromatic heterocycles. The van der Waals surface area contributed by atoms with Crippen molar-refractivity contribution in [2.75, 3.05) is 20.7 Å². The topological polar surface area (TPSA) is 177 Å². The number of nitrogens with zero attached hydrogens (tertiary/aromatic N) is 5. The van der Waals surface area contributed by atoms with E-state index in [0.717, 1.165) is 51.4 Å². The first-order valence-corrected chi connectivity index (χ1v) is 21.2. The summed E-state index contributed by atoms with van der Waals surface area (Å²) in [5, 5.41) is 12.3. The largest absolute Gasteiger partial charge is 0.465 e. The highest BCUT2D eigenvalue weighted by atomic mass is 19.3. The number of carbonyl (C=O) groups excluding carboxylic acids is 3. The van der Waals surface area contributed by atoms with E-state index in [4.69, 9.17) is 9.72 Å². The highest BCUT2D eigenvalue weighted by Gasteiger charge is 2.55. The number of methoxy groups -OCH3 is 1. The van der Waals surface area contributed by atoms with Gasteiger partial charge in [-0.15, -0.1) is 0 Å². The minimum Gasteiger partial charge on any atom is -0.465 e. The molecule has 1 unspecified atom stereocenters. The second-order valence-electron chi connectivity index (χ2n) is 17.5. The zero-order chi connectivity index (χ0) is 43.8. The van der Waals surface area contributed by atoms with Crippen LogP contribution < -0.4 is 5.32 Å². The molecule has 7 rings (SSSR count). The highest BCUT2D eigenvalue weighted by Crippen LogP contribution is 2.52. The molecule has 4 aromatic rings. The first-order chi connectivity index (χ1) is 29.0. The Morgan fingerprint density at radius 1 is 0.787 bits per heavy atom. The van der Waals surface area contributed by atoms with Crippen LogP contribution in [0.25, 0.3) is 33.6 Å². The van der Waals surface area contributed by atoms with Gasteiger partial charge in [-0.1, -0.05) is 76.2 Å². The number of nitrogens with one attached hydrogen (secondary N) is 3. The third kappa shape index (κ3) is 8.71. The van der Waals surface area contributed by atoms with E-state index in [1.807, 2.05) is 76.2 Å². The van der Waals surface area contributed by atoms with Gasteiger partial charge < -0.3 is 34.9 Å². The number of ether oxygens (including phenoxy) is 1. The van der Waals surface area contributed by atoms with Crippen LogP contribution in [0.5, 0.6) is 0 Å². The van der Waals surface area contributed by atoms with Gasteiger partial charge in [-0.05, 0) is 72.6 Å². The number of amides is 4. The van der Waals surface area contributed by atoms with Gasteiger partial charge in [-0.2, -0.15) is 0 Å². The zero-order valence-corrected chi connectivity index (χ0v) is 35.6. The number of aromatic nitrogens is 4. The summed E-state index contributed by atoms with van der Waals surface area (Å²) >= 11 is 0. The van der Waals surface area contributed by atoms with Crippen LogP contribution in [-0.2, 0) is 14.3 Å². The number of alkyl halides is 2. The molecular formula is C45H56F2N8O6. The highest BCUT2D eigenvalue weighted by molar-refractivity contribution is 5.87. The van der Waals surface area contributed by atoms with Gasteiger partial charge >= 0.3 is 12.2 Å². The molecule has 4 heterocycles. The van der Waals surface area contributed by atoms with E-state index in [0.29, 0.717) is 31.0 Å². The number of rotatable bonds is 11. The number of likely N-dealkylation sites (tertiary alicyclic amines) is 2. The van der Waals surface area contributed by atoms with Crippen molar-refractivity contribution in [2.24, 2.45) is 11.8 Å². The summed E-state index contributed by atoms with van der Waals surface area (Å²) in [5.74, 6) is -2.55. The number of aromatic amines is 2. The van der Waals surface area contributed by atoms with Crippen molar-refractivity contribution in [1.82, 2.24) is 40.0 Å². The van der Waals surface area contributed by atoms with Crippen molar-refractivity contribution in [2.45, 2.75) is 115 Å². The molecule has 14 nitrogen and oxygen atoms in total. The maximum atomic E-state index is 14.4. The Labute approximate surface area is 354 Å². The maximum Gasteiger partial charge on any atom is 0.407 e. The summed E-state index contributed by atoms with van der Waals surface area (Å²) in [4.78, 5) is 72.8. The fourth-order valence-electron chi connectivity index (χ4n) is 9.54. The quantitative estimate of drug-likeness (QED) is 0.116. The number of carboxylic acid groups (broad SMARTS) is 1. The van der Waals surface area contributed by atoms with Crippen molar-refractivity contribution >= 4 is 24.0 Å². The van der Waals surface area contributed by atoms with E-state index in [2.05, 4.69) is 20.3 Å². The molecule has 4 atom stereocenters. The monoisotopic (exact) mass is 842 g/mol. The second-order valence-corrected chi connectivity index (χ2v) is 17.5. The van der Waals surface area contributed by atoms with Crippen LogP contribution >= 0.6 is 0 Å². The fraction of sp³-hybridized carbons (Fsp3) is 0.511. The van der Waals surface area contributed by atoms with Crippen molar-refractivity contribution < 1.29 is 37.8 Å². The molecule has 2 aromatic carbocycles. The number of imidazole rings is 2. The number of carbonyl (C=O) groups is 4. The Kier molecular flexibility index (Phi) is 12.3. The van der Waals surface area contributed by atoms with E-state index in [-0.39, 0.29) is 55.4 Å². The van der Waals surface area contributed by atoms with E-state index in [1.54, 1.807) is 22.2 Å². The van der Waals surface area contributed by atoms with Crippen LogP contribution in [0.2, 0.25) is 0 Å². The Morgan fingerprint density at radius 3 is 1.80 bits per heavy atom. The molecule has 2 aliphatic heterocycles. The first-order valence-electron chi connectivity index (χ1n) is 21.2. The molecule has 16 heteroatoms.